The molecule has 4 N–H and O–H groups in total. The molecule has 5 aromatic rings. The lowest BCUT2D eigenvalue weighted by molar-refractivity contribution is 0.475. The van der Waals surface area contributed by atoms with Crippen LogP contribution in [0.15, 0.2) is 84.0 Å². The number of nitrogens with two attached hydrogens (primary N) is 1. The van der Waals surface area contributed by atoms with Crippen LogP contribution in [0.1, 0.15) is 18.8 Å². The van der Waals surface area contributed by atoms with Gasteiger partial charge < -0.3 is 16.2 Å². The van der Waals surface area contributed by atoms with E-state index in [1.165, 1.54) is 6.33 Å². The Hall–Kier alpha value is -4.66. The van der Waals surface area contributed by atoms with Gasteiger partial charge >= 0.3 is 0 Å². The molecule has 1 unspecified atom stereocenters. The number of phenols is 1. The summed E-state index contributed by atoms with van der Waals surface area (Å²) in [5, 5.41) is 18.0. The third-order valence-corrected chi connectivity index (χ3v) is 5.36. The van der Waals surface area contributed by atoms with Gasteiger partial charge in [0.15, 0.2) is 5.82 Å². The number of para-hydroxylation sites is 1. The van der Waals surface area contributed by atoms with E-state index in [-0.39, 0.29) is 17.1 Å². The predicted molar refractivity (Wildman–Crippen MR) is 126 cm³/mol. The van der Waals surface area contributed by atoms with Gasteiger partial charge in [-0.1, -0.05) is 30.3 Å². The molecule has 0 amide bonds. The summed E-state index contributed by atoms with van der Waals surface area (Å²) < 4.78 is 3.16. The highest BCUT2D eigenvalue weighted by Gasteiger charge is 2.21. The van der Waals surface area contributed by atoms with Gasteiger partial charge in [0.25, 0.3) is 5.56 Å². The molecule has 0 aliphatic carbocycles. The van der Waals surface area contributed by atoms with Gasteiger partial charge in [0.05, 0.1) is 17.3 Å². The summed E-state index contributed by atoms with van der Waals surface area (Å²) >= 11 is 0. The number of aromatic hydroxyl groups is 1. The van der Waals surface area contributed by atoms with Crippen LogP contribution in [0, 0.1) is 0 Å². The van der Waals surface area contributed by atoms with E-state index >= 15 is 0 Å². The standard InChI is InChI=1S/C24H21N7O2/c1-15(28-22-20(21(25)26-14-27-22)16-7-5-10-18(32)13-16)23-29-30-12-6-11-19(30)24(33)31(23)17-8-3-2-4-9-17/h2-15,32H,1H3,(H3,25,26,27,28). The fraction of sp³-hybridized carbons (Fsp3) is 0.0833. The summed E-state index contributed by atoms with van der Waals surface area (Å²) in [6, 6.07) is 19.2. The van der Waals surface area contributed by atoms with Crippen molar-refractivity contribution in [1.29, 1.82) is 0 Å². The van der Waals surface area contributed by atoms with Gasteiger partial charge in [-0.05, 0) is 48.9 Å². The number of rotatable bonds is 5. The molecule has 0 bridgehead atoms. The zero-order chi connectivity index (χ0) is 22.9. The van der Waals surface area contributed by atoms with Crippen LogP contribution in [-0.4, -0.2) is 29.3 Å². The topological polar surface area (TPSA) is 123 Å². The van der Waals surface area contributed by atoms with Crippen LogP contribution in [0.2, 0.25) is 0 Å². The summed E-state index contributed by atoms with van der Waals surface area (Å²) in [6.45, 7) is 1.89. The number of hydrogen-bond acceptors (Lipinski definition) is 7. The van der Waals surface area contributed by atoms with E-state index < -0.39 is 6.04 Å². The van der Waals surface area contributed by atoms with E-state index in [0.29, 0.717) is 34.0 Å². The minimum absolute atomic E-state index is 0.104. The minimum Gasteiger partial charge on any atom is -0.508 e. The highest BCUT2D eigenvalue weighted by Crippen LogP contribution is 2.34. The lowest BCUT2D eigenvalue weighted by atomic mass is 10.1. The molecule has 9 heteroatoms. The highest BCUT2D eigenvalue weighted by atomic mass is 16.3. The molecule has 33 heavy (non-hydrogen) atoms. The Kier molecular flexibility index (Phi) is 4.98. The second kappa shape index (κ2) is 8.12. The van der Waals surface area contributed by atoms with Crippen molar-refractivity contribution in [2.24, 2.45) is 0 Å². The first-order valence-electron chi connectivity index (χ1n) is 10.3. The van der Waals surface area contributed by atoms with E-state index in [0.717, 1.165) is 0 Å². The van der Waals surface area contributed by atoms with E-state index in [4.69, 9.17) is 10.8 Å². The summed E-state index contributed by atoms with van der Waals surface area (Å²) in [4.78, 5) is 21.8. The van der Waals surface area contributed by atoms with Crippen molar-refractivity contribution in [2.75, 3.05) is 11.1 Å². The first-order chi connectivity index (χ1) is 16.0. The molecule has 0 saturated carbocycles. The molecule has 9 nitrogen and oxygen atoms in total. The van der Waals surface area contributed by atoms with Crippen molar-refractivity contribution in [3.8, 4) is 22.6 Å². The third-order valence-electron chi connectivity index (χ3n) is 5.36. The molecule has 0 spiro atoms. The first kappa shape index (κ1) is 20.3. The van der Waals surface area contributed by atoms with Gasteiger partial charge in [0.2, 0.25) is 0 Å². The van der Waals surface area contributed by atoms with Gasteiger partial charge in [0.1, 0.15) is 29.2 Å². The van der Waals surface area contributed by atoms with Crippen LogP contribution in [0.5, 0.6) is 5.75 Å². The van der Waals surface area contributed by atoms with E-state index in [2.05, 4.69) is 15.3 Å². The average Bonchev–Trinajstić information content (AvgIpc) is 3.29. The number of nitrogen functional groups attached to an aromatic ring is 1. The number of nitrogens with zero attached hydrogens (tertiary/aromatic N) is 5. The monoisotopic (exact) mass is 439 g/mol. The molecule has 0 saturated heterocycles. The zero-order valence-electron chi connectivity index (χ0n) is 17.8. The van der Waals surface area contributed by atoms with Crippen molar-refractivity contribution in [2.45, 2.75) is 13.0 Å². The Balaban J connectivity index is 1.64. The van der Waals surface area contributed by atoms with Gasteiger partial charge in [-0.25, -0.2) is 14.5 Å². The number of benzene rings is 2. The molecule has 1 atom stereocenters. The summed E-state index contributed by atoms with van der Waals surface area (Å²) in [5.41, 5.74) is 8.39. The van der Waals surface area contributed by atoms with Crippen LogP contribution in [-0.2, 0) is 0 Å². The highest BCUT2D eigenvalue weighted by molar-refractivity contribution is 5.84. The molecule has 0 radical (unpaired) electrons. The number of anilines is 2. The van der Waals surface area contributed by atoms with Crippen molar-refractivity contribution < 1.29 is 5.11 Å². The molecule has 3 heterocycles. The maximum atomic E-state index is 13.3. The molecule has 5 rings (SSSR count). The lowest BCUT2D eigenvalue weighted by Crippen LogP contribution is -2.29. The molecular formula is C24H21N7O2. The Bertz CT molecular complexity index is 1510. The predicted octanol–water partition coefficient (Wildman–Crippen LogP) is 3.40. The number of fused-ring (bicyclic) bond motifs is 1. The van der Waals surface area contributed by atoms with E-state index in [1.54, 1.807) is 45.6 Å². The van der Waals surface area contributed by atoms with Crippen molar-refractivity contribution in [1.82, 2.24) is 24.1 Å². The van der Waals surface area contributed by atoms with E-state index in [9.17, 15) is 9.90 Å². The van der Waals surface area contributed by atoms with Gasteiger partial charge in [0, 0.05) is 6.20 Å². The van der Waals surface area contributed by atoms with Crippen LogP contribution in [0.25, 0.3) is 22.3 Å². The largest absolute Gasteiger partial charge is 0.508 e. The second-order valence-electron chi connectivity index (χ2n) is 7.57. The van der Waals surface area contributed by atoms with Crippen molar-refractivity contribution >= 4 is 17.2 Å². The zero-order valence-corrected chi connectivity index (χ0v) is 17.8. The lowest BCUT2D eigenvalue weighted by Gasteiger charge is -2.21. The van der Waals surface area contributed by atoms with E-state index in [1.807, 2.05) is 43.3 Å². The molecule has 3 aromatic heterocycles. The Morgan fingerprint density at radius 1 is 1.03 bits per heavy atom. The number of nitrogens with one attached hydrogen (secondary N) is 1. The maximum absolute atomic E-state index is 13.3. The van der Waals surface area contributed by atoms with Gasteiger partial charge in [-0.2, -0.15) is 5.10 Å². The third kappa shape index (κ3) is 3.65. The summed E-state index contributed by atoms with van der Waals surface area (Å²) in [6.07, 6.45) is 3.10. The Morgan fingerprint density at radius 2 is 1.85 bits per heavy atom. The molecule has 0 aliphatic rings. The average molecular weight is 439 g/mol. The Labute approximate surface area is 188 Å². The smallest absolute Gasteiger partial charge is 0.282 e. The summed E-state index contributed by atoms with van der Waals surface area (Å²) in [5.74, 6) is 1.32. The normalized spacial score (nSPS) is 12.0. The van der Waals surface area contributed by atoms with Crippen molar-refractivity contribution in [3.05, 3.63) is 95.4 Å². The molecule has 164 valence electrons. The Morgan fingerprint density at radius 3 is 2.64 bits per heavy atom. The molecule has 0 aliphatic heterocycles. The quantitative estimate of drug-likeness (QED) is 0.383. The number of phenolic OH excluding ortho intramolecular Hbond substituents is 1. The fourth-order valence-corrected chi connectivity index (χ4v) is 3.83. The first-order valence-corrected chi connectivity index (χ1v) is 10.3. The minimum atomic E-state index is -0.435. The number of hydrogen-bond donors (Lipinski definition) is 3. The van der Waals surface area contributed by atoms with Crippen molar-refractivity contribution in [3.63, 3.8) is 0 Å². The van der Waals surface area contributed by atoms with Crippen LogP contribution >= 0.6 is 0 Å². The fourth-order valence-electron chi connectivity index (χ4n) is 3.83. The maximum Gasteiger partial charge on any atom is 0.282 e. The number of aromatic nitrogens is 5. The molecular weight excluding hydrogens is 418 g/mol. The summed E-state index contributed by atoms with van der Waals surface area (Å²) in [7, 11) is 0. The molecule has 0 fully saturated rings. The van der Waals surface area contributed by atoms with Crippen LogP contribution in [0.4, 0.5) is 11.6 Å². The van der Waals surface area contributed by atoms with Crippen LogP contribution in [0.3, 0.4) is 0 Å². The SMILES string of the molecule is CC(Nc1ncnc(N)c1-c1cccc(O)c1)c1nn2cccc2c(=O)n1-c1ccccc1. The molecule has 2 aromatic carbocycles. The van der Waals surface area contributed by atoms with Gasteiger partial charge in [-0.3, -0.25) is 9.36 Å². The van der Waals surface area contributed by atoms with Crippen LogP contribution < -0.4 is 16.6 Å². The van der Waals surface area contributed by atoms with Gasteiger partial charge in [-0.15, -0.1) is 0 Å². The second-order valence-corrected chi connectivity index (χ2v) is 7.57.